The Hall–Kier alpha value is -2.93. The molecule has 26 heavy (non-hydrogen) atoms. The number of thioether (sulfide) groups is 1. The predicted octanol–water partition coefficient (Wildman–Crippen LogP) is 3.33. The topological polar surface area (TPSA) is 87.7 Å². The lowest BCUT2D eigenvalue weighted by Crippen LogP contribution is -2.14. The van der Waals surface area contributed by atoms with Crippen molar-refractivity contribution >= 4 is 29.1 Å². The minimum atomic E-state index is -0.153. The number of aromatic nitrogens is 3. The fourth-order valence-electron chi connectivity index (χ4n) is 2.33. The first-order chi connectivity index (χ1) is 12.6. The van der Waals surface area contributed by atoms with Gasteiger partial charge in [-0.3, -0.25) is 14.7 Å². The molecule has 7 heteroatoms. The number of benzene rings is 2. The first-order valence-corrected chi connectivity index (χ1v) is 9.07. The van der Waals surface area contributed by atoms with Crippen LogP contribution in [0.1, 0.15) is 28.7 Å². The van der Waals surface area contributed by atoms with Crippen LogP contribution in [0.3, 0.4) is 0 Å². The second kappa shape index (κ2) is 8.44. The number of aromatic amines is 1. The lowest BCUT2D eigenvalue weighted by atomic mass is 10.1. The Morgan fingerprint density at radius 1 is 1.08 bits per heavy atom. The van der Waals surface area contributed by atoms with Gasteiger partial charge < -0.3 is 5.32 Å². The van der Waals surface area contributed by atoms with Gasteiger partial charge in [-0.15, -0.1) is 5.10 Å². The van der Waals surface area contributed by atoms with Gasteiger partial charge in [0, 0.05) is 17.7 Å². The van der Waals surface area contributed by atoms with E-state index in [0.717, 1.165) is 11.4 Å². The summed E-state index contributed by atoms with van der Waals surface area (Å²) in [7, 11) is 0. The van der Waals surface area contributed by atoms with E-state index in [0.29, 0.717) is 22.8 Å². The van der Waals surface area contributed by atoms with Crippen LogP contribution in [0.5, 0.6) is 0 Å². The molecule has 0 atom stereocenters. The van der Waals surface area contributed by atoms with E-state index in [1.54, 1.807) is 24.3 Å². The molecule has 132 valence electrons. The summed E-state index contributed by atoms with van der Waals surface area (Å²) in [5.74, 6) is 0.810. The van der Waals surface area contributed by atoms with Crippen LogP contribution in [0.25, 0.3) is 0 Å². The molecule has 3 rings (SSSR count). The van der Waals surface area contributed by atoms with E-state index < -0.39 is 0 Å². The molecule has 6 nitrogen and oxygen atoms in total. The summed E-state index contributed by atoms with van der Waals surface area (Å²) in [6, 6.07) is 16.8. The minimum absolute atomic E-state index is 0.00524. The fraction of sp³-hybridized carbons (Fsp3) is 0.158. The molecule has 0 aliphatic rings. The summed E-state index contributed by atoms with van der Waals surface area (Å²) < 4.78 is 0. The largest absolute Gasteiger partial charge is 0.325 e. The van der Waals surface area contributed by atoms with Crippen LogP contribution in [0.15, 0.2) is 59.8 Å². The van der Waals surface area contributed by atoms with Gasteiger partial charge >= 0.3 is 0 Å². The summed E-state index contributed by atoms with van der Waals surface area (Å²) in [6.07, 6.45) is 0.670. The van der Waals surface area contributed by atoms with Gasteiger partial charge in [0.05, 0.1) is 5.75 Å². The molecule has 0 saturated carbocycles. The second-order valence-electron chi connectivity index (χ2n) is 5.70. The van der Waals surface area contributed by atoms with E-state index in [4.69, 9.17) is 0 Å². The summed E-state index contributed by atoms with van der Waals surface area (Å²) in [5, 5.41) is 10.4. The summed E-state index contributed by atoms with van der Waals surface area (Å²) >= 11 is 1.27. The van der Waals surface area contributed by atoms with Crippen molar-refractivity contribution in [2.75, 3.05) is 11.1 Å². The van der Waals surface area contributed by atoms with E-state index >= 15 is 0 Å². The number of hydrogen-bond acceptors (Lipinski definition) is 5. The Kier molecular flexibility index (Phi) is 5.80. The number of nitrogens with one attached hydrogen (secondary N) is 2. The summed E-state index contributed by atoms with van der Waals surface area (Å²) in [5.41, 5.74) is 2.41. The normalized spacial score (nSPS) is 10.5. The summed E-state index contributed by atoms with van der Waals surface area (Å²) in [6.45, 7) is 1.51. The second-order valence-corrected chi connectivity index (χ2v) is 6.64. The third-order valence-corrected chi connectivity index (χ3v) is 4.48. The quantitative estimate of drug-likeness (QED) is 0.495. The molecule has 0 saturated heterocycles. The molecule has 0 aliphatic heterocycles. The van der Waals surface area contributed by atoms with E-state index in [9.17, 15) is 9.59 Å². The van der Waals surface area contributed by atoms with Crippen molar-refractivity contribution in [1.29, 1.82) is 0 Å². The van der Waals surface area contributed by atoms with Gasteiger partial charge in [0.25, 0.3) is 0 Å². The number of H-pyrrole nitrogens is 1. The molecule has 0 spiro atoms. The molecule has 3 aromatic rings. The average molecular weight is 366 g/mol. The van der Waals surface area contributed by atoms with E-state index in [1.165, 1.54) is 18.7 Å². The van der Waals surface area contributed by atoms with E-state index in [-0.39, 0.29) is 17.4 Å². The van der Waals surface area contributed by atoms with Gasteiger partial charge in [-0.25, -0.2) is 4.98 Å². The van der Waals surface area contributed by atoms with Gasteiger partial charge in [0.15, 0.2) is 5.78 Å². The Bertz CT molecular complexity index is 891. The lowest BCUT2D eigenvalue weighted by Gasteiger charge is -2.04. The number of amides is 1. The molecule has 0 radical (unpaired) electrons. The van der Waals surface area contributed by atoms with Crippen molar-refractivity contribution in [2.45, 2.75) is 18.5 Å². The Labute approximate surface area is 155 Å². The Morgan fingerprint density at radius 2 is 1.81 bits per heavy atom. The first kappa shape index (κ1) is 17.9. The fourth-order valence-corrected chi connectivity index (χ4v) is 2.94. The Balaban J connectivity index is 1.49. The van der Waals surface area contributed by atoms with Crippen LogP contribution in [0.4, 0.5) is 5.69 Å². The van der Waals surface area contributed by atoms with Crippen LogP contribution in [-0.4, -0.2) is 32.6 Å². The predicted molar refractivity (Wildman–Crippen MR) is 101 cm³/mol. The van der Waals surface area contributed by atoms with Gasteiger partial charge in [0.2, 0.25) is 11.1 Å². The lowest BCUT2D eigenvalue weighted by molar-refractivity contribution is -0.113. The number of rotatable bonds is 7. The maximum Gasteiger partial charge on any atom is 0.234 e. The Morgan fingerprint density at radius 3 is 2.50 bits per heavy atom. The number of ketones is 1. The van der Waals surface area contributed by atoms with Crippen molar-refractivity contribution in [1.82, 2.24) is 15.2 Å². The zero-order valence-electron chi connectivity index (χ0n) is 14.2. The number of hydrogen-bond donors (Lipinski definition) is 2. The maximum absolute atomic E-state index is 12.0. The van der Waals surface area contributed by atoms with Crippen molar-refractivity contribution in [3.63, 3.8) is 0 Å². The molecule has 2 aromatic carbocycles. The molecule has 0 aliphatic carbocycles. The van der Waals surface area contributed by atoms with E-state index in [2.05, 4.69) is 20.5 Å². The molecular formula is C19H18N4O2S. The van der Waals surface area contributed by atoms with Crippen molar-refractivity contribution < 1.29 is 9.59 Å². The zero-order chi connectivity index (χ0) is 18.4. The number of carbonyl (C=O) groups is 2. The first-order valence-electron chi connectivity index (χ1n) is 8.09. The smallest absolute Gasteiger partial charge is 0.234 e. The molecule has 1 aromatic heterocycles. The third kappa shape index (κ3) is 5.03. The average Bonchev–Trinajstić information content (AvgIpc) is 3.09. The highest BCUT2D eigenvalue weighted by Crippen LogP contribution is 2.15. The van der Waals surface area contributed by atoms with Gasteiger partial charge in [-0.1, -0.05) is 42.1 Å². The molecule has 0 unspecified atom stereocenters. The van der Waals surface area contributed by atoms with Crippen molar-refractivity contribution in [2.24, 2.45) is 0 Å². The molecular weight excluding hydrogens is 348 g/mol. The monoisotopic (exact) mass is 366 g/mol. The molecule has 0 bridgehead atoms. The molecule has 0 fully saturated rings. The summed E-state index contributed by atoms with van der Waals surface area (Å²) in [4.78, 5) is 27.7. The van der Waals surface area contributed by atoms with Gasteiger partial charge in [-0.05, 0) is 36.8 Å². The van der Waals surface area contributed by atoms with Crippen LogP contribution < -0.4 is 5.32 Å². The standard InChI is InChI=1S/C19H18N4O2S/c1-13(24)15-7-9-16(10-8-15)20-18(25)12-26-19-21-17(22-23-19)11-14-5-3-2-4-6-14/h2-10H,11-12H2,1H3,(H,20,25)(H,21,22,23). The SMILES string of the molecule is CC(=O)c1ccc(NC(=O)CSc2n[nH]c(Cc3ccccc3)n2)cc1. The van der Waals surface area contributed by atoms with Crippen LogP contribution in [0.2, 0.25) is 0 Å². The van der Waals surface area contributed by atoms with E-state index in [1.807, 2.05) is 30.3 Å². The molecule has 1 amide bonds. The van der Waals surface area contributed by atoms with Crippen LogP contribution in [0, 0.1) is 0 Å². The van der Waals surface area contributed by atoms with Crippen molar-refractivity contribution in [3.05, 3.63) is 71.5 Å². The third-order valence-electron chi connectivity index (χ3n) is 3.63. The molecule has 1 heterocycles. The molecule has 2 N–H and O–H groups in total. The maximum atomic E-state index is 12.0. The zero-order valence-corrected chi connectivity index (χ0v) is 15.0. The number of anilines is 1. The number of Topliss-reactive ketones (excluding diaryl/α,β-unsaturated/α-hetero) is 1. The van der Waals surface area contributed by atoms with Crippen molar-refractivity contribution in [3.8, 4) is 0 Å². The van der Waals surface area contributed by atoms with Gasteiger partial charge in [-0.2, -0.15) is 0 Å². The highest BCUT2D eigenvalue weighted by Gasteiger charge is 2.09. The van der Waals surface area contributed by atoms with Crippen LogP contribution in [-0.2, 0) is 11.2 Å². The minimum Gasteiger partial charge on any atom is -0.325 e. The van der Waals surface area contributed by atoms with Crippen LogP contribution >= 0.6 is 11.8 Å². The highest BCUT2D eigenvalue weighted by molar-refractivity contribution is 7.99. The van der Waals surface area contributed by atoms with Gasteiger partial charge in [0.1, 0.15) is 5.82 Å². The number of nitrogens with zero attached hydrogens (tertiary/aromatic N) is 2. The number of carbonyl (C=O) groups excluding carboxylic acids is 2. The highest BCUT2D eigenvalue weighted by atomic mass is 32.2.